The molecule has 4 aromatic carbocycles. The number of nitrogens with zero attached hydrogens (tertiary/aromatic N) is 1. The molecule has 1 aliphatic rings. The minimum absolute atomic E-state index is 0.160. The van der Waals surface area contributed by atoms with Crippen LogP contribution in [0.25, 0.3) is 0 Å². The van der Waals surface area contributed by atoms with Crippen molar-refractivity contribution in [1.82, 2.24) is 9.62 Å². The van der Waals surface area contributed by atoms with Gasteiger partial charge in [0.05, 0.1) is 18.0 Å². The number of ether oxygens (including phenoxy) is 1. The maximum absolute atomic E-state index is 15.3. The van der Waals surface area contributed by atoms with Crippen LogP contribution in [0, 0.1) is 17.5 Å². The first-order chi connectivity index (χ1) is 23.0. The number of hydrogen-bond donors (Lipinski definition) is 3. The Labute approximate surface area is 279 Å². The maximum atomic E-state index is 15.3. The lowest BCUT2D eigenvalue weighted by Crippen LogP contribution is -2.58. The number of amides is 1. The van der Waals surface area contributed by atoms with E-state index in [9.17, 15) is 22.0 Å². The van der Waals surface area contributed by atoms with Crippen LogP contribution < -0.4 is 21.1 Å². The lowest BCUT2D eigenvalue weighted by Gasteiger charge is -2.40. The van der Waals surface area contributed by atoms with Crippen molar-refractivity contribution >= 4 is 21.6 Å². The molecule has 4 N–H and O–H groups in total. The first kappa shape index (κ1) is 35.1. The van der Waals surface area contributed by atoms with Crippen LogP contribution in [0.1, 0.15) is 42.4 Å². The molecule has 1 saturated heterocycles. The van der Waals surface area contributed by atoms with Gasteiger partial charge in [0.15, 0.2) is 0 Å². The van der Waals surface area contributed by atoms with E-state index in [-0.39, 0.29) is 28.6 Å². The highest BCUT2D eigenvalue weighted by molar-refractivity contribution is 7.89. The van der Waals surface area contributed by atoms with E-state index < -0.39 is 51.4 Å². The fourth-order valence-corrected chi connectivity index (χ4v) is 8.19. The number of methoxy groups -OCH3 is 1. The highest BCUT2D eigenvalue weighted by atomic mass is 32.2. The summed E-state index contributed by atoms with van der Waals surface area (Å²) in [7, 11) is -2.33. The highest BCUT2D eigenvalue weighted by Crippen LogP contribution is 2.31. The van der Waals surface area contributed by atoms with Crippen LogP contribution in [0.4, 0.5) is 18.9 Å². The Hall–Kier alpha value is -4.23. The van der Waals surface area contributed by atoms with Crippen molar-refractivity contribution < 1.29 is 31.1 Å². The van der Waals surface area contributed by atoms with Crippen molar-refractivity contribution in [2.75, 3.05) is 25.5 Å². The topological polar surface area (TPSA) is 114 Å². The SMILES string of the molecule is COc1ccc(S(=O)(=O)N2[C@@H](CCCc3c(F)cccc3NC(=O)[C@@H](N)C(c3cccc(F)c3)c3cccc(F)c3)CNC[C@@H]2C)cc1. The molecule has 8 nitrogen and oxygen atoms in total. The number of hydrogen-bond acceptors (Lipinski definition) is 6. The Balaban J connectivity index is 1.33. The first-order valence-electron chi connectivity index (χ1n) is 15.7. The standard InChI is InChI=1S/C36H39F3N4O4S/c1-23-21-41-22-28(43(23)48(45,46)30-17-15-29(47-2)16-18-30)11-5-12-31-32(39)13-6-14-33(31)42-36(44)35(40)34(24-7-3-9-26(37)19-24)25-8-4-10-27(38)20-25/h3-4,6-10,13-20,23,28,34-35,41H,5,11-12,21-22,40H2,1-2H3,(H,42,44)/t23-,28-,35-/m0/s1. The average molecular weight is 681 g/mol. The molecular weight excluding hydrogens is 641 g/mol. The van der Waals surface area contributed by atoms with Crippen molar-refractivity contribution in [1.29, 1.82) is 0 Å². The number of sulfonamides is 1. The third-order valence-corrected chi connectivity index (χ3v) is 10.7. The molecule has 1 fully saturated rings. The van der Waals surface area contributed by atoms with Crippen LogP contribution >= 0.6 is 0 Å². The molecule has 254 valence electrons. The molecule has 0 saturated carbocycles. The monoisotopic (exact) mass is 680 g/mol. The van der Waals surface area contributed by atoms with Gasteiger partial charge in [-0.3, -0.25) is 4.79 Å². The summed E-state index contributed by atoms with van der Waals surface area (Å²) in [6.07, 6.45) is 1.05. The van der Waals surface area contributed by atoms with Gasteiger partial charge in [-0.15, -0.1) is 0 Å². The smallest absolute Gasteiger partial charge is 0.243 e. The quantitative estimate of drug-likeness (QED) is 0.180. The summed E-state index contributed by atoms with van der Waals surface area (Å²) in [5, 5.41) is 6.03. The summed E-state index contributed by atoms with van der Waals surface area (Å²) < 4.78 is 77.8. The second kappa shape index (κ2) is 15.3. The lowest BCUT2D eigenvalue weighted by molar-refractivity contribution is -0.117. The molecule has 1 amide bonds. The zero-order chi connectivity index (χ0) is 34.4. The molecular formula is C36H39F3N4O4S. The number of anilines is 1. The summed E-state index contributed by atoms with van der Waals surface area (Å²) in [6.45, 7) is 2.76. The molecule has 0 radical (unpaired) electrons. The molecule has 1 heterocycles. The first-order valence-corrected chi connectivity index (χ1v) is 17.2. The molecule has 0 unspecified atom stereocenters. The van der Waals surface area contributed by atoms with Gasteiger partial charge in [-0.2, -0.15) is 4.31 Å². The second-order valence-corrected chi connectivity index (χ2v) is 13.8. The fraction of sp³-hybridized carbons (Fsp3) is 0.306. The van der Waals surface area contributed by atoms with Gasteiger partial charge < -0.3 is 21.1 Å². The highest BCUT2D eigenvalue weighted by Gasteiger charge is 2.37. The number of halogens is 3. The number of nitrogens with one attached hydrogen (secondary N) is 2. The zero-order valence-corrected chi connectivity index (χ0v) is 27.5. The molecule has 48 heavy (non-hydrogen) atoms. The van der Waals surface area contributed by atoms with Crippen molar-refractivity contribution in [3.8, 4) is 5.75 Å². The minimum atomic E-state index is -3.84. The molecule has 0 aromatic heterocycles. The van der Waals surface area contributed by atoms with E-state index in [2.05, 4.69) is 10.6 Å². The van der Waals surface area contributed by atoms with Gasteiger partial charge in [-0.1, -0.05) is 30.3 Å². The van der Waals surface area contributed by atoms with Gasteiger partial charge in [0.25, 0.3) is 0 Å². The lowest BCUT2D eigenvalue weighted by atomic mass is 9.84. The van der Waals surface area contributed by atoms with Crippen LogP contribution in [0.2, 0.25) is 0 Å². The third kappa shape index (κ3) is 7.90. The molecule has 12 heteroatoms. The largest absolute Gasteiger partial charge is 0.497 e. The summed E-state index contributed by atoms with van der Waals surface area (Å²) >= 11 is 0. The van der Waals surface area contributed by atoms with Gasteiger partial charge in [0.2, 0.25) is 15.9 Å². The number of carbonyl (C=O) groups is 1. The van der Waals surface area contributed by atoms with E-state index in [1.54, 1.807) is 30.3 Å². The normalized spacial score (nSPS) is 17.6. The van der Waals surface area contributed by atoms with Crippen LogP contribution in [-0.4, -0.2) is 57.0 Å². The Bertz CT molecular complexity index is 1800. The summed E-state index contributed by atoms with van der Waals surface area (Å²) in [5.74, 6) is -2.62. The van der Waals surface area contributed by atoms with E-state index >= 15 is 4.39 Å². The zero-order valence-electron chi connectivity index (χ0n) is 26.7. The molecule has 1 aliphatic heterocycles. The van der Waals surface area contributed by atoms with Gasteiger partial charge >= 0.3 is 0 Å². The van der Waals surface area contributed by atoms with E-state index in [0.29, 0.717) is 42.8 Å². The summed E-state index contributed by atoms with van der Waals surface area (Å²) in [5.41, 5.74) is 7.69. The third-order valence-electron chi connectivity index (χ3n) is 8.67. The molecule has 4 aromatic rings. The maximum Gasteiger partial charge on any atom is 0.243 e. The van der Waals surface area contributed by atoms with Gasteiger partial charge in [0, 0.05) is 42.3 Å². The van der Waals surface area contributed by atoms with E-state index in [1.807, 2.05) is 6.92 Å². The molecule has 3 atom stereocenters. The van der Waals surface area contributed by atoms with E-state index in [0.717, 1.165) is 0 Å². The van der Waals surface area contributed by atoms with Gasteiger partial charge in [-0.05, 0) is 98.0 Å². The predicted molar refractivity (Wildman–Crippen MR) is 179 cm³/mol. The van der Waals surface area contributed by atoms with E-state index in [1.165, 1.54) is 72.1 Å². The molecule has 0 aliphatic carbocycles. The number of piperazine rings is 1. The Morgan fingerprint density at radius 1 is 0.958 bits per heavy atom. The second-order valence-electron chi connectivity index (χ2n) is 11.9. The Morgan fingerprint density at radius 2 is 1.58 bits per heavy atom. The summed E-state index contributed by atoms with van der Waals surface area (Å²) in [6, 6.07) is 19.8. The number of carbonyl (C=O) groups excluding carboxylic acids is 1. The molecule has 0 bridgehead atoms. The van der Waals surface area contributed by atoms with Crippen LogP contribution in [0.3, 0.4) is 0 Å². The summed E-state index contributed by atoms with van der Waals surface area (Å²) in [4.78, 5) is 13.7. The Morgan fingerprint density at radius 3 is 2.19 bits per heavy atom. The number of benzene rings is 4. The molecule has 0 spiro atoms. The Kier molecular flexibility index (Phi) is 11.2. The van der Waals surface area contributed by atoms with Crippen LogP contribution in [-0.2, 0) is 21.2 Å². The van der Waals surface area contributed by atoms with Crippen molar-refractivity contribution in [3.63, 3.8) is 0 Å². The fourth-order valence-electron chi connectivity index (χ4n) is 6.35. The van der Waals surface area contributed by atoms with Crippen LogP contribution in [0.5, 0.6) is 5.75 Å². The van der Waals surface area contributed by atoms with Crippen molar-refractivity contribution in [2.24, 2.45) is 5.73 Å². The van der Waals surface area contributed by atoms with E-state index in [4.69, 9.17) is 10.5 Å². The van der Waals surface area contributed by atoms with Crippen LogP contribution in [0.15, 0.2) is 95.9 Å². The van der Waals surface area contributed by atoms with Crippen molar-refractivity contribution in [2.45, 2.75) is 55.1 Å². The van der Waals surface area contributed by atoms with Crippen molar-refractivity contribution in [3.05, 3.63) is 125 Å². The average Bonchev–Trinajstić information content (AvgIpc) is 3.06. The minimum Gasteiger partial charge on any atom is -0.497 e. The predicted octanol–water partition coefficient (Wildman–Crippen LogP) is 5.58. The van der Waals surface area contributed by atoms with Gasteiger partial charge in [-0.25, -0.2) is 21.6 Å². The molecule has 5 rings (SSSR count). The number of rotatable bonds is 12. The van der Waals surface area contributed by atoms with Gasteiger partial charge in [0.1, 0.15) is 23.2 Å². The number of nitrogens with two attached hydrogens (primary N) is 1.